The third-order valence-electron chi connectivity index (χ3n) is 27.6. The van der Waals surface area contributed by atoms with Gasteiger partial charge in [0, 0.05) is 283 Å². The van der Waals surface area contributed by atoms with Crippen molar-refractivity contribution in [3.05, 3.63) is 134 Å². The SMILES string of the molecule is Brc1ccc(I)cc1.CC(C)(C)OC(=O)N1C[C@@H]2CN(c3ccc(Br)cc3)C[C@@H]2C1.CC(C)(C)OC(=O)N1C[C@H]2CNC[C@H]2C1.CCNC(=O)N1C[C@@H]2CN(c3ccc(N4CC[C@@H](C)C4)cc3)C[C@@H]2C1.CCNC(=O)N1C[C@@H]2CN(c3ccc(N4CC[C@@H](O)C4)cc3)C[C@@H]2C1.C[C@@H]1CCN(c2ccc(N3C[C@H]4CN(C(=O)OC(C)(C)C)C[C@H]4C3)cc2)C1.C[C@@H]1CCNC1. The average molecular weight is 2010 g/mol. The first kappa shape index (κ1) is 98.1. The summed E-state index contributed by atoms with van der Waals surface area (Å²) < 4.78 is 19.9. The highest BCUT2D eigenvalue weighted by atomic mass is 127. The van der Waals surface area contributed by atoms with Crippen LogP contribution < -0.4 is 55.6 Å². The molecule has 0 aromatic heterocycles. The van der Waals surface area contributed by atoms with Crippen LogP contribution in [0.4, 0.5) is 63.8 Å². The van der Waals surface area contributed by atoms with Gasteiger partial charge < -0.3 is 99.4 Å². The van der Waals surface area contributed by atoms with Crippen molar-refractivity contribution in [1.82, 2.24) is 45.8 Å². The predicted octanol–water partition coefficient (Wildman–Crippen LogP) is 16.3. The Hall–Kier alpha value is -7.38. The Balaban J connectivity index is 0.000000132. The number of fused-ring (bicyclic) bond motifs is 5. The Labute approximate surface area is 794 Å². The molecule has 5 N–H and O–H groups in total. The molecule has 14 aliphatic heterocycles. The zero-order valence-electron chi connectivity index (χ0n) is 78.9. The molecule has 14 aliphatic rings. The molecule has 14 saturated heterocycles. The molecule has 704 valence electrons. The largest absolute Gasteiger partial charge is 0.444 e. The lowest BCUT2D eigenvalue weighted by Crippen LogP contribution is -2.40. The van der Waals surface area contributed by atoms with Gasteiger partial charge in [0.1, 0.15) is 16.8 Å². The maximum Gasteiger partial charge on any atom is 0.410 e. The smallest absolute Gasteiger partial charge is 0.410 e. The number of aliphatic hydroxyl groups excluding tert-OH is 1. The number of hydrogen-bond donors (Lipinski definition) is 5. The van der Waals surface area contributed by atoms with Crippen LogP contribution in [0.15, 0.2) is 130 Å². The number of likely N-dealkylation sites (tertiary alicyclic amines) is 5. The van der Waals surface area contributed by atoms with Crippen LogP contribution in [0.25, 0.3) is 0 Å². The number of nitrogens with one attached hydrogen (secondary N) is 4. The van der Waals surface area contributed by atoms with Crippen molar-refractivity contribution in [2.24, 2.45) is 76.9 Å². The first-order valence-corrected chi connectivity index (χ1v) is 50.5. The van der Waals surface area contributed by atoms with E-state index in [1.165, 1.54) is 102 Å². The molecule has 7 amide bonds. The maximum atomic E-state index is 12.3. The van der Waals surface area contributed by atoms with Crippen LogP contribution in [0.2, 0.25) is 0 Å². The number of halogens is 3. The molecule has 0 spiro atoms. The van der Waals surface area contributed by atoms with E-state index >= 15 is 0 Å². The molecule has 25 nitrogen and oxygen atoms in total. The summed E-state index contributed by atoms with van der Waals surface area (Å²) in [7, 11) is 0. The molecule has 128 heavy (non-hydrogen) atoms. The molecular formula is C100H149Br2IN16O9. The van der Waals surface area contributed by atoms with E-state index in [0.717, 1.165) is 177 Å². The minimum atomic E-state index is -0.421. The van der Waals surface area contributed by atoms with Gasteiger partial charge in [0.05, 0.1) is 6.10 Å². The number of rotatable bonds is 9. The zero-order valence-corrected chi connectivity index (χ0v) is 84.2. The van der Waals surface area contributed by atoms with Crippen LogP contribution in [0.1, 0.15) is 123 Å². The van der Waals surface area contributed by atoms with Crippen LogP contribution in [0.3, 0.4) is 0 Å². The molecule has 0 aliphatic carbocycles. The normalized spacial score (nSPS) is 27.0. The summed E-state index contributed by atoms with van der Waals surface area (Å²) in [5, 5.41) is 22.1. The second-order valence-corrected chi connectivity index (χ2v) is 44.7. The summed E-state index contributed by atoms with van der Waals surface area (Å²) in [6.07, 6.45) is 4.16. The Morgan fingerprint density at radius 2 is 0.609 bits per heavy atom. The fraction of sp³-hybridized carbons (Fsp3) is 0.650. The van der Waals surface area contributed by atoms with Crippen molar-refractivity contribution in [2.45, 2.75) is 146 Å². The quantitative estimate of drug-likeness (QED) is 0.0684. The van der Waals surface area contributed by atoms with Gasteiger partial charge in [-0.3, -0.25) is 0 Å². The Bertz CT molecular complexity index is 4190. The van der Waals surface area contributed by atoms with Gasteiger partial charge in [0.2, 0.25) is 0 Å². The number of amides is 7. The highest BCUT2D eigenvalue weighted by Gasteiger charge is 2.47. The summed E-state index contributed by atoms with van der Waals surface area (Å²) in [5.74, 6) is 8.41. The molecule has 14 heterocycles. The van der Waals surface area contributed by atoms with Crippen LogP contribution in [0.5, 0.6) is 0 Å². The van der Waals surface area contributed by atoms with Crippen LogP contribution >= 0.6 is 54.5 Å². The summed E-state index contributed by atoms with van der Waals surface area (Å²) in [6.45, 7) is 57.3. The van der Waals surface area contributed by atoms with Crippen LogP contribution in [-0.2, 0) is 14.2 Å². The molecule has 14 atom stereocenters. The Morgan fingerprint density at radius 3 is 0.844 bits per heavy atom. The molecule has 0 radical (unpaired) electrons. The van der Waals surface area contributed by atoms with Crippen molar-refractivity contribution in [3.63, 3.8) is 0 Å². The van der Waals surface area contributed by atoms with E-state index in [0.29, 0.717) is 72.3 Å². The van der Waals surface area contributed by atoms with Gasteiger partial charge in [0.25, 0.3) is 0 Å². The Kier molecular flexibility index (Phi) is 34.1. The number of benzene rings is 5. The number of nitrogens with zero attached hydrogens (tertiary/aromatic N) is 12. The fourth-order valence-corrected chi connectivity index (χ4v) is 21.7. The van der Waals surface area contributed by atoms with E-state index in [2.05, 4.69) is 240 Å². The summed E-state index contributed by atoms with van der Waals surface area (Å²) in [6, 6.07) is 43.8. The van der Waals surface area contributed by atoms with Crippen molar-refractivity contribution in [1.29, 1.82) is 0 Å². The van der Waals surface area contributed by atoms with E-state index in [9.17, 15) is 29.1 Å². The maximum absolute atomic E-state index is 12.3. The third kappa shape index (κ3) is 27.6. The van der Waals surface area contributed by atoms with Gasteiger partial charge in [0.15, 0.2) is 0 Å². The molecule has 0 unspecified atom stereocenters. The molecule has 14 fully saturated rings. The Morgan fingerprint density at radius 1 is 0.344 bits per heavy atom. The van der Waals surface area contributed by atoms with E-state index < -0.39 is 11.2 Å². The molecule has 5 aromatic rings. The van der Waals surface area contributed by atoms with Crippen LogP contribution in [-0.4, -0.2) is 279 Å². The summed E-state index contributed by atoms with van der Waals surface area (Å²) in [4.78, 5) is 86.9. The number of carbonyl (C=O) groups excluding carboxylic acids is 5. The first-order chi connectivity index (χ1) is 61.0. The third-order valence-corrected chi connectivity index (χ3v) is 29.3. The van der Waals surface area contributed by atoms with Gasteiger partial charge in [-0.2, -0.15) is 0 Å². The minimum Gasteiger partial charge on any atom is -0.444 e. The van der Waals surface area contributed by atoms with Crippen molar-refractivity contribution >= 4 is 125 Å². The molecule has 19 rings (SSSR count). The summed E-state index contributed by atoms with van der Waals surface area (Å²) in [5.41, 5.74) is 7.85. The first-order valence-electron chi connectivity index (χ1n) is 47.8. The molecule has 5 aromatic carbocycles. The zero-order chi connectivity index (χ0) is 91.3. The van der Waals surface area contributed by atoms with Gasteiger partial charge in [-0.1, -0.05) is 52.6 Å². The van der Waals surface area contributed by atoms with Gasteiger partial charge in [-0.05, 0) is 288 Å². The van der Waals surface area contributed by atoms with Crippen LogP contribution in [0, 0.1) is 80.5 Å². The number of aliphatic hydroxyl groups is 1. The number of anilines is 7. The number of carbonyl (C=O) groups is 5. The molecule has 0 saturated carbocycles. The highest BCUT2D eigenvalue weighted by Crippen LogP contribution is 2.41. The van der Waals surface area contributed by atoms with E-state index in [-0.39, 0.29) is 42.0 Å². The summed E-state index contributed by atoms with van der Waals surface area (Å²) >= 11 is 9.09. The fourth-order valence-electron chi connectivity index (χ4n) is 20.8. The average Bonchev–Trinajstić information content (AvgIpc) is 1.67. The van der Waals surface area contributed by atoms with Crippen molar-refractivity contribution in [3.8, 4) is 0 Å². The number of ether oxygens (including phenoxy) is 3. The lowest BCUT2D eigenvalue weighted by molar-refractivity contribution is 0.0271. The van der Waals surface area contributed by atoms with Crippen molar-refractivity contribution < 1.29 is 43.3 Å². The lowest BCUT2D eigenvalue weighted by Gasteiger charge is -2.27. The second-order valence-electron chi connectivity index (χ2n) is 41.6. The van der Waals surface area contributed by atoms with Gasteiger partial charge >= 0.3 is 30.3 Å². The lowest BCUT2D eigenvalue weighted by atomic mass is 10.0. The second kappa shape index (κ2) is 44.4. The minimum absolute atomic E-state index is 0.0839. The van der Waals surface area contributed by atoms with Crippen molar-refractivity contribution in [2.75, 3.05) is 231 Å². The van der Waals surface area contributed by atoms with E-state index in [1.54, 1.807) is 0 Å². The number of urea groups is 2. The number of β-amino-alcohol motifs (C(OH)–C–C–N with tert-alkyl or cyclic N) is 1. The van der Waals surface area contributed by atoms with Gasteiger partial charge in [-0.25, -0.2) is 24.0 Å². The number of hydrogen-bond acceptors (Lipinski definition) is 18. The van der Waals surface area contributed by atoms with Gasteiger partial charge in [-0.15, -0.1) is 0 Å². The van der Waals surface area contributed by atoms with E-state index in [1.807, 2.05) is 113 Å². The standard InChI is InChI=1S/C22H33N3O2.C20H30N4O.C19H28N4O2.C17H23BrN2O2.C11H20N2O2.C6H4BrI.C5H11N/c1-16-9-10-23(11-16)19-5-7-20(8-6-19)24-12-17-14-25(15-18(17)13-24)21(26)27-22(2,3)4;1-3-21-20(25)24-13-16-11-23(12-17(16)14-24)19-6-4-18(5-7-19)22-9-8-15(2)10-22;1-2-20-19(25)23-11-14-9-22(10-15(14)12-23)17-5-3-16(4-6-17)21-8-7-18(24)13-21;1-17(2,3)22-16(21)20-10-12-8-19(9-13(12)11-20)15-6-4-14(18)5-7-15;1-11(2,3)15-10(14)13-6-8-4-12-5-9(8)7-13;7-5-1-3-6(8)4-2-5;1-5-2-3-6-4-5/h5-8,16-18H,9-15H2,1-4H3;4-7,15-17H,3,8-14H2,1-2H3,(H,21,25);3-6,14-15,18,24H,2,7-13H2,1H3,(H,20,25);4-7,12-13H,8-11H2,1-3H3;8-9,12H,4-7H2,1-3H3;1-4H;5-6H,2-4H2,1H3/t16-,17-,18+;15-,16-,17+;14-,15+,18-;12-,13+;8-,9+;;5-/m111...1/s1. The monoisotopic (exact) mass is 2000 g/mol. The van der Waals surface area contributed by atoms with E-state index in [4.69, 9.17) is 14.2 Å². The highest BCUT2D eigenvalue weighted by molar-refractivity contribution is 14.1. The molecule has 28 heteroatoms. The molecule has 0 bridgehead atoms. The predicted molar refractivity (Wildman–Crippen MR) is 533 cm³/mol. The topological polar surface area (TPSA) is 220 Å². The molecular weight excluding hydrogens is 1860 g/mol.